The molecule has 0 aromatic carbocycles. The van der Waals surface area contributed by atoms with Crippen molar-refractivity contribution in [2.75, 3.05) is 0 Å². The van der Waals surface area contributed by atoms with Crippen molar-refractivity contribution in [3.63, 3.8) is 0 Å². The molecule has 4 N–H and O–H groups in total. The number of carboxylic acids is 1. The van der Waals surface area contributed by atoms with Crippen molar-refractivity contribution in [3.8, 4) is 0 Å². The van der Waals surface area contributed by atoms with Gasteiger partial charge in [-0.2, -0.15) is 0 Å². The van der Waals surface area contributed by atoms with Gasteiger partial charge in [-0.05, 0) is 25.2 Å². The minimum Gasteiger partial charge on any atom is -0.481 e. The molecule has 0 spiro atoms. The van der Waals surface area contributed by atoms with Crippen LogP contribution in [0.15, 0.2) is 12.2 Å². The van der Waals surface area contributed by atoms with Crippen LogP contribution < -0.4 is 0 Å². The van der Waals surface area contributed by atoms with Gasteiger partial charge in [-0.1, -0.05) is 57.6 Å². The lowest BCUT2D eigenvalue weighted by atomic mass is 9.88. The molecule has 1 aliphatic rings. The standard InChI is InChI=1S/C20H36O5/c1-2-3-6-9-15(21)12-13-17-16(18(22)14-19(17)23)10-7-4-5-8-11-20(24)25/h12-13,15-19,21-23H,2-11,14H2,1H3,(H,24,25)/b13-12+/t15?,16-,17-,18+,19-/m1/s1. The van der Waals surface area contributed by atoms with E-state index in [9.17, 15) is 20.1 Å². The Morgan fingerprint density at radius 1 is 1.08 bits per heavy atom. The molecular weight excluding hydrogens is 320 g/mol. The number of hydrogen-bond donors (Lipinski definition) is 4. The maximum absolute atomic E-state index is 10.5. The van der Waals surface area contributed by atoms with Gasteiger partial charge in [-0.3, -0.25) is 4.79 Å². The molecule has 0 aromatic heterocycles. The molecule has 5 atom stereocenters. The Kier molecular flexibility index (Phi) is 11.0. The molecule has 1 aliphatic carbocycles. The average Bonchev–Trinajstić information content (AvgIpc) is 2.82. The molecule has 0 saturated heterocycles. The van der Waals surface area contributed by atoms with E-state index in [-0.39, 0.29) is 18.3 Å². The fourth-order valence-corrected chi connectivity index (χ4v) is 3.74. The summed E-state index contributed by atoms with van der Waals surface area (Å²) >= 11 is 0. The molecule has 146 valence electrons. The maximum Gasteiger partial charge on any atom is 0.303 e. The van der Waals surface area contributed by atoms with E-state index in [2.05, 4.69) is 6.92 Å². The fourth-order valence-electron chi connectivity index (χ4n) is 3.74. The predicted molar refractivity (Wildman–Crippen MR) is 98.2 cm³/mol. The summed E-state index contributed by atoms with van der Waals surface area (Å²) in [6.45, 7) is 2.13. The molecule has 1 saturated carbocycles. The number of hydrogen-bond acceptors (Lipinski definition) is 4. The van der Waals surface area contributed by atoms with Gasteiger partial charge in [-0.25, -0.2) is 0 Å². The van der Waals surface area contributed by atoms with Gasteiger partial charge in [0, 0.05) is 18.8 Å². The number of aliphatic carboxylic acids is 1. The third kappa shape index (κ3) is 8.84. The summed E-state index contributed by atoms with van der Waals surface area (Å²) in [5.41, 5.74) is 0. The lowest BCUT2D eigenvalue weighted by Gasteiger charge is -2.21. The molecule has 0 amide bonds. The summed E-state index contributed by atoms with van der Waals surface area (Å²) in [5.74, 6) is -0.833. The van der Waals surface area contributed by atoms with Crippen LogP contribution in [0.4, 0.5) is 0 Å². The Bertz CT molecular complexity index is 396. The van der Waals surface area contributed by atoms with Gasteiger partial charge in [0.15, 0.2) is 0 Å². The highest BCUT2D eigenvalue weighted by molar-refractivity contribution is 5.66. The normalized spacial score (nSPS) is 27.8. The zero-order chi connectivity index (χ0) is 18.7. The highest BCUT2D eigenvalue weighted by atomic mass is 16.4. The zero-order valence-electron chi connectivity index (χ0n) is 15.5. The molecule has 0 radical (unpaired) electrons. The van der Waals surface area contributed by atoms with Gasteiger partial charge in [-0.15, -0.1) is 0 Å². The van der Waals surface area contributed by atoms with E-state index >= 15 is 0 Å². The van der Waals surface area contributed by atoms with Gasteiger partial charge in [0.25, 0.3) is 0 Å². The Morgan fingerprint density at radius 2 is 1.80 bits per heavy atom. The van der Waals surface area contributed by atoms with E-state index in [4.69, 9.17) is 5.11 Å². The minimum atomic E-state index is -0.753. The first kappa shape index (κ1) is 22.1. The Morgan fingerprint density at radius 3 is 2.48 bits per heavy atom. The van der Waals surface area contributed by atoms with Crippen molar-refractivity contribution < 1.29 is 25.2 Å². The number of aliphatic hydroxyl groups is 3. The summed E-state index contributed by atoms with van der Waals surface area (Å²) in [6.07, 6.45) is 11.0. The maximum atomic E-state index is 10.5. The monoisotopic (exact) mass is 356 g/mol. The first-order valence-corrected chi connectivity index (χ1v) is 9.90. The van der Waals surface area contributed by atoms with Crippen LogP contribution in [0, 0.1) is 11.8 Å². The third-order valence-electron chi connectivity index (χ3n) is 5.25. The molecule has 0 heterocycles. The SMILES string of the molecule is CCCCCC(O)/C=C/[C@@H]1[C@@H](CCCCCCC(=O)O)[C@@H](O)C[C@H]1O. The van der Waals surface area contributed by atoms with E-state index in [0.717, 1.165) is 51.4 Å². The quantitative estimate of drug-likeness (QED) is 0.300. The van der Waals surface area contributed by atoms with E-state index in [1.165, 1.54) is 0 Å². The molecule has 5 nitrogen and oxygen atoms in total. The van der Waals surface area contributed by atoms with Crippen LogP contribution in [0.1, 0.15) is 77.6 Å². The number of rotatable bonds is 13. The fraction of sp³-hybridized carbons (Fsp3) is 0.850. The minimum absolute atomic E-state index is 0.0218. The van der Waals surface area contributed by atoms with Crippen molar-refractivity contribution >= 4 is 5.97 Å². The van der Waals surface area contributed by atoms with Crippen molar-refractivity contribution in [1.29, 1.82) is 0 Å². The molecule has 1 rings (SSSR count). The van der Waals surface area contributed by atoms with Crippen molar-refractivity contribution in [1.82, 2.24) is 0 Å². The second-order valence-electron chi connectivity index (χ2n) is 7.41. The summed E-state index contributed by atoms with van der Waals surface area (Å²) in [6, 6.07) is 0. The van der Waals surface area contributed by atoms with Crippen molar-refractivity contribution in [2.45, 2.75) is 95.9 Å². The lowest BCUT2D eigenvalue weighted by molar-refractivity contribution is -0.137. The van der Waals surface area contributed by atoms with Crippen molar-refractivity contribution in [2.24, 2.45) is 11.8 Å². The molecule has 0 aromatic rings. The Labute approximate surface area is 151 Å². The van der Waals surface area contributed by atoms with Gasteiger partial charge >= 0.3 is 5.97 Å². The van der Waals surface area contributed by atoms with Crippen LogP contribution in [0.2, 0.25) is 0 Å². The largest absolute Gasteiger partial charge is 0.481 e. The van der Waals surface area contributed by atoms with Crippen LogP contribution in [0.5, 0.6) is 0 Å². The van der Waals surface area contributed by atoms with Crippen LogP contribution in [0.25, 0.3) is 0 Å². The van der Waals surface area contributed by atoms with Crippen LogP contribution in [0.3, 0.4) is 0 Å². The van der Waals surface area contributed by atoms with Gasteiger partial charge < -0.3 is 20.4 Å². The van der Waals surface area contributed by atoms with E-state index in [1.54, 1.807) is 6.08 Å². The van der Waals surface area contributed by atoms with Crippen LogP contribution in [-0.2, 0) is 4.79 Å². The van der Waals surface area contributed by atoms with Crippen LogP contribution in [-0.4, -0.2) is 44.7 Å². The lowest BCUT2D eigenvalue weighted by Crippen LogP contribution is -2.21. The van der Waals surface area contributed by atoms with Gasteiger partial charge in [0.2, 0.25) is 0 Å². The molecule has 1 unspecified atom stereocenters. The number of aliphatic hydroxyl groups excluding tert-OH is 3. The number of carboxylic acid groups (broad SMARTS) is 1. The summed E-state index contributed by atoms with van der Waals surface area (Å²) in [4.78, 5) is 10.5. The highest BCUT2D eigenvalue weighted by Crippen LogP contribution is 2.37. The summed E-state index contributed by atoms with van der Waals surface area (Å²) in [5, 5.41) is 39.0. The first-order chi connectivity index (χ1) is 12.0. The smallest absolute Gasteiger partial charge is 0.303 e. The predicted octanol–water partition coefficient (Wildman–Crippen LogP) is 3.27. The number of unbranched alkanes of at least 4 members (excludes halogenated alkanes) is 5. The van der Waals surface area contributed by atoms with Crippen molar-refractivity contribution in [3.05, 3.63) is 12.2 Å². The topological polar surface area (TPSA) is 98.0 Å². The third-order valence-corrected chi connectivity index (χ3v) is 5.25. The van der Waals surface area contributed by atoms with Gasteiger partial charge in [0.1, 0.15) is 0 Å². The Balaban J connectivity index is 2.38. The van der Waals surface area contributed by atoms with E-state index in [0.29, 0.717) is 12.8 Å². The summed E-state index contributed by atoms with van der Waals surface area (Å²) < 4.78 is 0. The van der Waals surface area contributed by atoms with Gasteiger partial charge in [0.05, 0.1) is 18.3 Å². The second kappa shape index (κ2) is 12.4. The Hall–Kier alpha value is -0.910. The van der Waals surface area contributed by atoms with E-state index < -0.39 is 24.3 Å². The summed E-state index contributed by atoms with van der Waals surface area (Å²) in [7, 11) is 0. The number of carbonyl (C=O) groups is 1. The average molecular weight is 357 g/mol. The molecule has 25 heavy (non-hydrogen) atoms. The highest BCUT2D eigenvalue weighted by Gasteiger charge is 2.39. The first-order valence-electron chi connectivity index (χ1n) is 9.90. The second-order valence-corrected chi connectivity index (χ2v) is 7.41. The molecule has 1 fully saturated rings. The van der Waals surface area contributed by atoms with E-state index in [1.807, 2.05) is 6.08 Å². The van der Waals surface area contributed by atoms with Crippen LogP contribution >= 0.6 is 0 Å². The molecule has 0 bridgehead atoms. The molecule has 5 heteroatoms. The molecule has 0 aliphatic heterocycles. The molecular formula is C20H36O5. The zero-order valence-corrected chi connectivity index (χ0v) is 15.5.